The summed E-state index contributed by atoms with van der Waals surface area (Å²) in [6.07, 6.45) is 9.23. The second-order valence-electron chi connectivity index (χ2n) is 5.31. The lowest BCUT2D eigenvalue weighted by molar-refractivity contribution is -0.137. The minimum atomic E-state index is -0.672. The highest BCUT2D eigenvalue weighted by atomic mass is 16.4. The number of hydrogen-bond acceptors (Lipinski definition) is 2. The minimum absolute atomic E-state index is 0.287. The van der Waals surface area contributed by atoms with Gasteiger partial charge in [0.2, 0.25) is 0 Å². The number of hydrogen-bond donors (Lipinski definition) is 1. The van der Waals surface area contributed by atoms with E-state index in [9.17, 15) is 4.79 Å². The summed E-state index contributed by atoms with van der Waals surface area (Å²) in [5, 5.41) is 8.77. The van der Waals surface area contributed by atoms with Gasteiger partial charge in [0.05, 0.1) is 6.42 Å². The summed E-state index contributed by atoms with van der Waals surface area (Å²) in [5.74, 6) is -0.672. The maximum Gasteiger partial charge on any atom is 0.304 e. The highest BCUT2D eigenvalue weighted by molar-refractivity contribution is 5.66. The average Bonchev–Trinajstić information content (AvgIpc) is 3.08. The van der Waals surface area contributed by atoms with Crippen LogP contribution in [0.5, 0.6) is 0 Å². The fraction of sp³-hybridized carbons (Fsp3) is 0.929. The van der Waals surface area contributed by atoms with Crippen LogP contribution in [0.2, 0.25) is 0 Å². The van der Waals surface area contributed by atoms with E-state index in [-0.39, 0.29) is 6.42 Å². The Bertz CT molecular complexity index is 226. The van der Waals surface area contributed by atoms with Crippen LogP contribution in [0, 0.1) is 0 Å². The Kier molecular flexibility index (Phi) is 6.56. The molecule has 0 amide bonds. The minimum Gasteiger partial charge on any atom is -0.481 e. The Morgan fingerprint density at radius 1 is 1.35 bits per heavy atom. The zero-order valence-corrected chi connectivity index (χ0v) is 11.3. The van der Waals surface area contributed by atoms with Crippen molar-refractivity contribution in [3.63, 3.8) is 0 Å². The highest BCUT2D eigenvalue weighted by Crippen LogP contribution is 2.30. The van der Waals surface area contributed by atoms with Crippen molar-refractivity contribution in [2.75, 3.05) is 6.54 Å². The predicted octanol–water partition coefficient (Wildman–Crippen LogP) is 3.28. The molecule has 0 aromatic rings. The Morgan fingerprint density at radius 3 is 2.59 bits per heavy atom. The molecule has 1 N–H and O–H groups in total. The third kappa shape index (κ3) is 6.06. The van der Waals surface area contributed by atoms with E-state index in [0.717, 1.165) is 6.54 Å². The molecule has 17 heavy (non-hydrogen) atoms. The predicted molar refractivity (Wildman–Crippen MR) is 70.2 cm³/mol. The van der Waals surface area contributed by atoms with E-state index in [1.54, 1.807) is 0 Å². The lowest BCUT2D eigenvalue weighted by atomic mass is 10.1. The first kappa shape index (κ1) is 14.5. The van der Waals surface area contributed by atoms with Crippen LogP contribution in [0.15, 0.2) is 0 Å². The third-order valence-corrected chi connectivity index (χ3v) is 3.64. The van der Waals surface area contributed by atoms with Crippen molar-refractivity contribution in [3.05, 3.63) is 0 Å². The average molecular weight is 241 g/mol. The Morgan fingerprint density at radius 2 is 2.06 bits per heavy atom. The molecule has 1 atom stereocenters. The molecule has 0 spiro atoms. The van der Waals surface area contributed by atoms with Gasteiger partial charge in [-0.25, -0.2) is 0 Å². The van der Waals surface area contributed by atoms with Gasteiger partial charge in [-0.15, -0.1) is 0 Å². The molecular weight excluding hydrogens is 214 g/mol. The maximum absolute atomic E-state index is 10.6. The number of unbranched alkanes of at least 4 members (excludes halogenated alkanes) is 3. The Hall–Kier alpha value is -0.570. The van der Waals surface area contributed by atoms with Crippen LogP contribution in [-0.2, 0) is 4.79 Å². The Labute approximate surface area is 105 Å². The standard InChI is InChI=1S/C14H27NO2/c1-3-4-5-6-7-12(2)15(13-8-9-13)11-10-14(16)17/h12-13H,3-11H2,1-2H3,(H,16,17). The lowest BCUT2D eigenvalue weighted by Crippen LogP contribution is -2.36. The van der Waals surface area contributed by atoms with Crippen LogP contribution in [0.25, 0.3) is 0 Å². The summed E-state index contributed by atoms with van der Waals surface area (Å²) >= 11 is 0. The Balaban J connectivity index is 2.22. The van der Waals surface area contributed by atoms with Crippen molar-refractivity contribution in [1.29, 1.82) is 0 Å². The van der Waals surface area contributed by atoms with Crippen molar-refractivity contribution in [2.24, 2.45) is 0 Å². The van der Waals surface area contributed by atoms with Gasteiger partial charge in [-0.2, -0.15) is 0 Å². The number of carboxylic acid groups (broad SMARTS) is 1. The molecule has 3 nitrogen and oxygen atoms in total. The van der Waals surface area contributed by atoms with Gasteiger partial charge < -0.3 is 5.11 Å². The summed E-state index contributed by atoms with van der Waals surface area (Å²) in [6.45, 7) is 5.22. The summed E-state index contributed by atoms with van der Waals surface area (Å²) in [7, 11) is 0. The number of carbonyl (C=O) groups is 1. The molecule has 1 aliphatic carbocycles. The van der Waals surface area contributed by atoms with E-state index >= 15 is 0 Å². The molecule has 100 valence electrons. The zero-order valence-electron chi connectivity index (χ0n) is 11.3. The van der Waals surface area contributed by atoms with E-state index in [1.807, 2.05) is 0 Å². The summed E-state index contributed by atoms with van der Waals surface area (Å²) in [6, 6.07) is 1.23. The number of nitrogens with zero attached hydrogens (tertiary/aromatic N) is 1. The maximum atomic E-state index is 10.6. The van der Waals surface area contributed by atoms with Gasteiger partial charge in [0.1, 0.15) is 0 Å². The van der Waals surface area contributed by atoms with Crippen LogP contribution in [0.1, 0.15) is 65.2 Å². The fourth-order valence-corrected chi connectivity index (χ4v) is 2.43. The number of carboxylic acids is 1. The van der Waals surface area contributed by atoms with E-state index in [4.69, 9.17) is 5.11 Å². The van der Waals surface area contributed by atoms with Crippen molar-refractivity contribution < 1.29 is 9.90 Å². The quantitative estimate of drug-likeness (QED) is 0.597. The van der Waals surface area contributed by atoms with E-state index in [2.05, 4.69) is 18.7 Å². The van der Waals surface area contributed by atoms with Gasteiger partial charge in [-0.3, -0.25) is 9.69 Å². The van der Waals surface area contributed by atoms with Gasteiger partial charge in [-0.1, -0.05) is 32.6 Å². The van der Waals surface area contributed by atoms with Gasteiger partial charge in [0, 0.05) is 18.6 Å². The largest absolute Gasteiger partial charge is 0.481 e. The monoisotopic (exact) mass is 241 g/mol. The molecule has 0 aromatic carbocycles. The molecule has 1 aliphatic rings. The number of aliphatic carboxylic acids is 1. The smallest absolute Gasteiger partial charge is 0.304 e. The molecule has 1 unspecified atom stereocenters. The van der Waals surface area contributed by atoms with Crippen molar-refractivity contribution in [2.45, 2.75) is 77.3 Å². The molecule has 0 saturated heterocycles. The van der Waals surface area contributed by atoms with Crippen LogP contribution >= 0.6 is 0 Å². The molecular formula is C14H27NO2. The first-order valence-corrected chi connectivity index (χ1v) is 7.12. The second-order valence-corrected chi connectivity index (χ2v) is 5.31. The summed E-state index contributed by atoms with van der Waals surface area (Å²) in [5.41, 5.74) is 0. The van der Waals surface area contributed by atoms with Gasteiger partial charge in [-0.05, 0) is 26.2 Å². The topological polar surface area (TPSA) is 40.5 Å². The fourth-order valence-electron chi connectivity index (χ4n) is 2.43. The van der Waals surface area contributed by atoms with Gasteiger partial charge in [0.15, 0.2) is 0 Å². The summed E-state index contributed by atoms with van der Waals surface area (Å²) in [4.78, 5) is 13.1. The molecule has 1 saturated carbocycles. The normalized spacial score (nSPS) is 17.4. The third-order valence-electron chi connectivity index (χ3n) is 3.64. The molecule has 3 heteroatoms. The van der Waals surface area contributed by atoms with E-state index < -0.39 is 5.97 Å². The van der Waals surface area contributed by atoms with Crippen molar-refractivity contribution in [1.82, 2.24) is 4.90 Å². The first-order valence-electron chi connectivity index (χ1n) is 7.12. The number of rotatable bonds is 10. The molecule has 0 radical (unpaired) electrons. The first-order chi connectivity index (χ1) is 8.15. The molecule has 0 bridgehead atoms. The summed E-state index contributed by atoms with van der Waals surface area (Å²) < 4.78 is 0. The SMILES string of the molecule is CCCCCCC(C)N(CCC(=O)O)C1CC1. The van der Waals surface area contributed by atoms with Crippen LogP contribution in [0.3, 0.4) is 0 Å². The molecule has 0 aromatic heterocycles. The molecule has 1 rings (SSSR count). The van der Waals surface area contributed by atoms with Gasteiger partial charge in [0.25, 0.3) is 0 Å². The molecule has 0 heterocycles. The molecule has 0 aliphatic heterocycles. The van der Waals surface area contributed by atoms with Crippen molar-refractivity contribution in [3.8, 4) is 0 Å². The molecule has 1 fully saturated rings. The second kappa shape index (κ2) is 7.70. The van der Waals surface area contributed by atoms with Crippen molar-refractivity contribution >= 4 is 5.97 Å². The van der Waals surface area contributed by atoms with Crippen LogP contribution < -0.4 is 0 Å². The lowest BCUT2D eigenvalue weighted by Gasteiger charge is -2.28. The van der Waals surface area contributed by atoms with E-state index in [0.29, 0.717) is 12.1 Å². The zero-order chi connectivity index (χ0) is 12.7. The van der Waals surface area contributed by atoms with Crippen LogP contribution in [-0.4, -0.2) is 34.6 Å². The van der Waals surface area contributed by atoms with Gasteiger partial charge >= 0.3 is 5.97 Å². The van der Waals surface area contributed by atoms with Crippen LogP contribution in [0.4, 0.5) is 0 Å². The highest BCUT2D eigenvalue weighted by Gasteiger charge is 2.31. The van der Waals surface area contributed by atoms with E-state index in [1.165, 1.54) is 44.9 Å².